The molecule has 1 atom stereocenters. The third-order valence-corrected chi connectivity index (χ3v) is 5.24. The van der Waals surface area contributed by atoms with Crippen LogP contribution in [0.1, 0.15) is 42.5 Å². The molecule has 0 spiro atoms. The Kier molecular flexibility index (Phi) is 4.00. The fraction of sp³-hybridized carbons (Fsp3) is 0.611. The number of imidazole rings is 1. The Morgan fingerprint density at radius 3 is 2.88 bits per heavy atom. The molecule has 2 fully saturated rings. The van der Waals surface area contributed by atoms with Crippen LogP contribution in [0.25, 0.3) is 0 Å². The van der Waals surface area contributed by atoms with E-state index in [1.807, 2.05) is 13.1 Å². The van der Waals surface area contributed by atoms with Gasteiger partial charge in [-0.3, -0.25) is 0 Å². The van der Waals surface area contributed by atoms with E-state index in [4.69, 9.17) is 4.74 Å². The summed E-state index contributed by atoms with van der Waals surface area (Å²) < 4.78 is 7.75. The van der Waals surface area contributed by atoms with Crippen LogP contribution in [0.2, 0.25) is 0 Å². The minimum Gasteiger partial charge on any atom is -0.381 e. The molecule has 2 aliphatic rings. The maximum Gasteiger partial charge on any atom is 0.129 e. The van der Waals surface area contributed by atoms with Crippen molar-refractivity contribution in [3.05, 3.63) is 35.8 Å². The SMILES string of the molecule is Cc1nc(NCC2(Cn3ccnc3C)CC2)cc([C@@H]2CCOC2)n1. The Balaban J connectivity index is 1.43. The molecule has 1 saturated carbocycles. The second-order valence-electron chi connectivity index (χ2n) is 7.24. The Morgan fingerprint density at radius 1 is 1.33 bits per heavy atom. The minimum absolute atomic E-state index is 0.334. The summed E-state index contributed by atoms with van der Waals surface area (Å²) in [4.78, 5) is 13.5. The molecule has 2 aromatic rings. The highest BCUT2D eigenvalue weighted by atomic mass is 16.5. The molecule has 4 rings (SSSR count). The average molecular weight is 327 g/mol. The molecule has 6 nitrogen and oxygen atoms in total. The Labute approximate surface area is 142 Å². The van der Waals surface area contributed by atoms with E-state index < -0.39 is 0 Å². The second kappa shape index (κ2) is 6.16. The van der Waals surface area contributed by atoms with Crippen LogP contribution in [0.3, 0.4) is 0 Å². The number of hydrogen-bond acceptors (Lipinski definition) is 5. The maximum atomic E-state index is 5.50. The van der Waals surface area contributed by atoms with Gasteiger partial charge in [0.1, 0.15) is 17.5 Å². The summed E-state index contributed by atoms with van der Waals surface area (Å²) in [5.41, 5.74) is 1.44. The van der Waals surface area contributed by atoms with Crippen LogP contribution in [-0.2, 0) is 11.3 Å². The van der Waals surface area contributed by atoms with Crippen molar-refractivity contribution in [1.82, 2.24) is 19.5 Å². The molecule has 1 aliphatic carbocycles. The van der Waals surface area contributed by atoms with Gasteiger partial charge in [-0.05, 0) is 33.1 Å². The fourth-order valence-corrected chi connectivity index (χ4v) is 3.44. The van der Waals surface area contributed by atoms with Crippen LogP contribution in [0.4, 0.5) is 5.82 Å². The van der Waals surface area contributed by atoms with E-state index in [1.54, 1.807) is 0 Å². The van der Waals surface area contributed by atoms with Crippen molar-refractivity contribution in [2.24, 2.45) is 5.41 Å². The number of rotatable bonds is 6. The highest BCUT2D eigenvalue weighted by Crippen LogP contribution is 2.47. The highest BCUT2D eigenvalue weighted by molar-refractivity contribution is 5.38. The zero-order chi connectivity index (χ0) is 16.6. The lowest BCUT2D eigenvalue weighted by Crippen LogP contribution is -2.22. The van der Waals surface area contributed by atoms with Crippen LogP contribution >= 0.6 is 0 Å². The van der Waals surface area contributed by atoms with Crippen LogP contribution in [0, 0.1) is 19.3 Å². The van der Waals surface area contributed by atoms with Gasteiger partial charge in [0.15, 0.2) is 0 Å². The van der Waals surface area contributed by atoms with Crippen molar-refractivity contribution >= 4 is 5.82 Å². The van der Waals surface area contributed by atoms with Gasteiger partial charge in [0.05, 0.1) is 12.3 Å². The zero-order valence-electron chi connectivity index (χ0n) is 14.5. The molecule has 2 aromatic heterocycles. The van der Waals surface area contributed by atoms with Gasteiger partial charge in [0.25, 0.3) is 0 Å². The van der Waals surface area contributed by atoms with Crippen molar-refractivity contribution in [3.63, 3.8) is 0 Å². The number of aryl methyl sites for hydroxylation is 2. The molecule has 1 aliphatic heterocycles. The largest absolute Gasteiger partial charge is 0.381 e. The summed E-state index contributed by atoms with van der Waals surface area (Å²) >= 11 is 0. The van der Waals surface area contributed by atoms with Crippen molar-refractivity contribution in [2.75, 3.05) is 25.1 Å². The predicted molar refractivity (Wildman–Crippen MR) is 92.1 cm³/mol. The molecular weight excluding hydrogens is 302 g/mol. The van der Waals surface area contributed by atoms with E-state index in [2.05, 4.69) is 44.0 Å². The van der Waals surface area contributed by atoms with E-state index >= 15 is 0 Å². The van der Waals surface area contributed by atoms with Gasteiger partial charge in [-0.2, -0.15) is 0 Å². The molecule has 6 heteroatoms. The van der Waals surface area contributed by atoms with E-state index in [0.717, 1.165) is 55.9 Å². The molecule has 1 saturated heterocycles. The van der Waals surface area contributed by atoms with Crippen molar-refractivity contribution in [3.8, 4) is 0 Å². The van der Waals surface area contributed by atoms with Gasteiger partial charge in [-0.25, -0.2) is 15.0 Å². The molecule has 0 amide bonds. The molecule has 3 heterocycles. The first kappa shape index (κ1) is 15.6. The number of nitrogens with zero attached hydrogens (tertiary/aromatic N) is 4. The minimum atomic E-state index is 0.334. The molecule has 0 aromatic carbocycles. The van der Waals surface area contributed by atoms with Gasteiger partial charge in [0.2, 0.25) is 0 Å². The summed E-state index contributed by atoms with van der Waals surface area (Å²) in [5, 5.41) is 3.56. The van der Waals surface area contributed by atoms with E-state index in [9.17, 15) is 0 Å². The van der Waals surface area contributed by atoms with Gasteiger partial charge in [-0.1, -0.05) is 0 Å². The van der Waals surface area contributed by atoms with Gasteiger partial charge in [0, 0.05) is 49.5 Å². The molecule has 1 N–H and O–H groups in total. The topological polar surface area (TPSA) is 64.9 Å². The Bertz CT molecular complexity index is 716. The van der Waals surface area contributed by atoms with Gasteiger partial charge >= 0.3 is 0 Å². The van der Waals surface area contributed by atoms with Crippen LogP contribution < -0.4 is 5.32 Å². The number of aromatic nitrogens is 4. The second-order valence-corrected chi connectivity index (χ2v) is 7.24. The lowest BCUT2D eigenvalue weighted by Gasteiger charge is -2.19. The van der Waals surface area contributed by atoms with Gasteiger partial charge < -0.3 is 14.6 Å². The highest BCUT2D eigenvalue weighted by Gasteiger charge is 2.43. The first-order valence-corrected chi connectivity index (χ1v) is 8.79. The summed E-state index contributed by atoms with van der Waals surface area (Å²) in [6, 6.07) is 2.10. The van der Waals surface area contributed by atoms with Crippen LogP contribution in [-0.4, -0.2) is 39.3 Å². The molecular formula is C18H25N5O. The first-order valence-electron chi connectivity index (χ1n) is 8.79. The van der Waals surface area contributed by atoms with Crippen LogP contribution in [0.15, 0.2) is 18.5 Å². The summed E-state index contributed by atoms with van der Waals surface area (Å²) in [6.45, 7) is 7.62. The summed E-state index contributed by atoms with van der Waals surface area (Å²) in [5.74, 6) is 3.27. The first-order chi connectivity index (χ1) is 11.6. The quantitative estimate of drug-likeness (QED) is 0.884. The molecule has 0 radical (unpaired) electrons. The number of anilines is 1. The monoisotopic (exact) mass is 327 g/mol. The molecule has 0 bridgehead atoms. The van der Waals surface area contributed by atoms with Crippen molar-refractivity contribution < 1.29 is 4.74 Å². The van der Waals surface area contributed by atoms with Gasteiger partial charge in [-0.15, -0.1) is 0 Å². The predicted octanol–water partition coefficient (Wildman–Crippen LogP) is 2.69. The molecule has 0 unspecified atom stereocenters. The van der Waals surface area contributed by atoms with E-state index in [-0.39, 0.29) is 0 Å². The lowest BCUT2D eigenvalue weighted by molar-refractivity contribution is 0.193. The third kappa shape index (κ3) is 3.29. The molecule has 128 valence electrons. The van der Waals surface area contributed by atoms with E-state index in [0.29, 0.717) is 11.3 Å². The third-order valence-electron chi connectivity index (χ3n) is 5.24. The normalized spacial score (nSPS) is 21.8. The fourth-order valence-electron chi connectivity index (χ4n) is 3.44. The number of nitrogens with one attached hydrogen (secondary N) is 1. The zero-order valence-corrected chi connectivity index (χ0v) is 14.5. The smallest absolute Gasteiger partial charge is 0.129 e. The summed E-state index contributed by atoms with van der Waals surface area (Å²) in [7, 11) is 0. The standard InChI is InChI=1S/C18H25N5O/c1-13-21-16(15-3-8-24-10-15)9-17(22-13)20-11-18(4-5-18)12-23-7-6-19-14(23)2/h6-7,9,15H,3-5,8,10-12H2,1-2H3,(H,20,21,22)/t15-/m1/s1. The number of ether oxygens (including phenoxy) is 1. The average Bonchev–Trinajstić information content (AvgIpc) is 2.96. The Hall–Kier alpha value is -1.95. The van der Waals surface area contributed by atoms with Crippen molar-refractivity contribution in [1.29, 1.82) is 0 Å². The maximum absolute atomic E-state index is 5.50. The lowest BCUT2D eigenvalue weighted by atomic mass is 10.0. The van der Waals surface area contributed by atoms with E-state index in [1.165, 1.54) is 12.8 Å². The Morgan fingerprint density at radius 2 is 2.21 bits per heavy atom. The molecule has 24 heavy (non-hydrogen) atoms. The van der Waals surface area contributed by atoms with Crippen LogP contribution in [0.5, 0.6) is 0 Å². The summed E-state index contributed by atoms with van der Waals surface area (Å²) in [6.07, 6.45) is 7.51. The van der Waals surface area contributed by atoms with Crippen molar-refractivity contribution in [2.45, 2.75) is 45.6 Å². The number of hydrogen-bond donors (Lipinski definition) is 1.